The molecule has 3 N–H and O–H groups in total. The van der Waals surface area contributed by atoms with E-state index in [0.717, 1.165) is 12.8 Å². The van der Waals surface area contributed by atoms with Crippen LogP contribution in [0.5, 0.6) is 0 Å². The molecule has 0 saturated carbocycles. The molecule has 0 aromatic heterocycles. The van der Waals surface area contributed by atoms with E-state index >= 15 is 0 Å². The quantitative estimate of drug-likeness (QED) is 0.665. The molecule has 0 unspecified atom stereocenters. The van der Waals surface area contributed by atoms with E-state index in [-0.39, 0.29) is 25.5 Å². The maximum Gasteiger partial charge on any atom is 0.246 e. The number of hydrogen-bond acceptors (Lipinski definition) is 4. The first-order valence-corrected chi connectivity index (χ1v) is 6.81. The van der Waals surface area contributed by atoms with Crippen LogP contribution in [0.15, 0.2) is 0 Å². The van der Waals surface area contributed by atoms with Crippen molar-refractivity contribution >= 4 is 17.7 Å². The third-order valence-electron chi connectivity index (χ3n) is 3.54. The van der Waals surface area contributed by atoms with E-state index in [1.54, 1.807) is 0 Å². The van der Waals surface area contributed by atoms with Crippen molar-refractivity contribution in [3.63, 3.8) is 0 Å². The van der Waals surface area contributed by atoms with Crippen LogP contribution < -0.4 is 11.1 Å². The molecule has 1 rings (SSSR count). The molecule has 6 heteroatoms. The smallest absolute Gasteiger partial charge is 0.246 e. The molecule has 0 aromatic carbocycles. The number of carbonyl (C=O) groups is 3. The van der Waals surface area contributed by atoms with E-state index in [4.69, 9.17) is 5.73 Å². The van der Waals surface area contributed by atoms with E-state index < -0.39 is 17.2 Å². The zero-order valence-electron chi connectivity index (χ0n) is 11.7. The van der Waals surface area contributed by atoms with Gasteiger partial charge in [-0.2, -0.15) is 0 Å². The van der Waals surface area contributed by atoms with Crippen molar-refractivity contribution in [1.29, 1.82) is 0 Å². The maximum absolute atomic E-state index is 12.6. The first kappa shape index (κ1) is 15.6. The maximum atomic E-state index is 12.6. The van der Waals surface area contributed by atoms with Crippen molar-refractivity contribution in [3.05, 3.63) is 0 Å². The van der Waals surface area contributed by atoms with Gasteiger partial charge in [0.15, 0.2) is 0 Å². The first-order valence-electron chi connectivity index (χ1n) is 6.81. The topological polar surface area (TPSA) is 92.5 Å². The Hall–Kier alpha value is -1.43. The molecule has 3 amide bonds. The van der Waals surface area contributed by atoms with Crippen molar-refractivity contribution in [2.24, 2.45) is 11.1 Å². The third-order valence-corrected chi connectivity index (χ3v) is 3.54. The number of rotatable bonds is 6. The highest BCUT2D eigenvalue weighted by Gasteiger charge is 2.40. The molecule has 1 aliphatic heterocycles. The molecular formula is C13H23N3O3. The van der Waals surface area contributed by atoms with E-state index in [2.05, 4.69) is 5.32 Å². The molecule has 0 spiro atoms. The summed E-state index contributed by atoms with van der Waals surface area (Å²) in [4.78, 5) is 36.7. The zero-order chi connectivity index (χ0) is 14.5. The summed E-state index contributed by atoms with van der Waals surface area (Å²) in [5, 5.41) is 2.19. The molecule has 1 saturated heterocycles. The lowest BCUT2D eigenvalue weighted by molar-refractivity contribution is -0.152. The Balaban J connectivity index is 2.91. The highest BCUT2D eigenvalue weighted by molar-refractivity contribution is 6.03. The summed E-state index contributed by atoms with van der Waals surface area (Å²) >= 11 is 0. The van der Waals surface area contributed by atoms with E-state index in [1.165, 1.54) is 4.90 Å². The van der Waals surface area contributed by atoms with Gasteiger partial charge >= 0.3 is 0 Å². The van der Waals surface area contributed by atoms with Gasteiger partial charge in [0.25, 0.3) is 0 Å². The second kappa shape index (κ2) is 6.65. The largest absolute Gasteiger partial charge is 0.329 e. The average Bonchev–Trinajstić information content (AvgIpc) is 2.36. The van der Waals surface area contributed by atoms with Gasteiger partial charge in [0.2, 0.25) is 17.7 Å². The van der Waals surface area contributed by atoms with Crippen molar-refractivity contribution < 1.29 is 14.4 Å². The molecule has 6 nitrogen and oxygen atoms in total. The van der Waals surface area contributed by atoms with Crippen LogP contribution in [0.1, 0.15) is 39.5 Å². The Morgan fingerprint density at radius 1 is 1.21 bits per heavy atom. The van der Waals surface area contributed by atoms with Crippen molar-refractivity contribution in [2.75, 3.05) is 19.6 Å². The van der Waals surface area contributed by atoms with Crippen LogP contribution in [0.4, 0.5) is 0 Å². The number of carbonyl (C=O) groups excluding carboxylic acids is 3. The van der Waals surface area contributed by atoms with Crippen LogP contribution in [-0.2, 0) is 14.4 Å². The average molecular weight is 269 g/mol. The molecule has 0 radical (unpaired) electrons. The van der Waals surface area contributed by atoms with Gasteiger partial charge in [0, 0.05) is 6.54 Å². The molecule has 1 fully saturated rings. The Bertz CT molecular complexity index is 346. The SMILES string of the molecule is CCCC(CN)(CCC)C(=O)N1CC(=O)NC(=O)C1. The zero-order valence-corrected chi connectivity index (χ0v) is 11.7. The molecule has 19 heavy (non-hydrogen) atoms. The normalized spacial score (nSPS) is 16.5. The fourth-order valence-corrected chi connectivity index (χ4v) is 2.70. The predicted molar refractivity (Wildman–Crippen MR) is 71.0 cm³/mol. The summed E-state index contributed by atoms with van der Waals surface area (Å²) in [7, 11) is 0. The van der Waals surface area contributed by atoms with Crippen LogP contribution in [0, 0.1) is 5.41 Å². The third kappa shape index (κ3) is 3.53. The van der Waals surface area contributed by atoms with Crippen LogP contribution in [0.2, 0.25) is 0 Å². The summed E-state index contributed by atoms with van der Waals surface area (Å²) in [6.07, 6.45) is 3.05. The monoisotopic (exact) mass is 269 g/mol. The summed E-state index contributed by atoms with van der Waals surface area (Å²) < 4.78 is 0. The molecule has 1 heterocycles. The summed E-state index contributed by atoms with van der Waals surface area (Å²) in [6, 6.07) is 0. The number of nitrogens with zero attached hydrogens (tertiary/aromatic N) is 1. The Morgan fingerprint density at radius 3 is 2.05 bits per heavy atom. The van der Waals surface area contributed by atoms with E-state index in [9.17, 15) is 14.4 Å². The molecular weight excluding hydrogens is 246 g/mol. The minimum atomic E-state index is -0.638. The van der Waals surface area contributed by atoms with Crippen LogP contribution in [-0.4, -0.2) is 42.3 Å². The summed E-state index contributed by atoms with van der Waals surface area (Å²) in [5.74, 6) is -1.02. The Kier molecular flexibility index (Phi) is 5.47. The van der Waals surface area contributed by atoms with E-state index in [1.807, 2.05) is 13.8 Å². The number of nitrogens with two attached hydrogens (primary N) is 1. The van der Waals surface area contributed by atoms with Gasteiger partial charge in [-0.25, -0.2) is 0 Å². The lowest BCUT2D eigenvalue weighted by atomic mass is 9.77. The Labute approximate surface area is 113 Å². The Morgan fingerprint density at radius 2 is 1.68 bits per heavy atom. The van der Waals surface area contributed by atoms with Crippen LogP contribution in [0.25, 0.3) is 0 Å². The number of hydrogen-bond donors (Lipinski definition) is 2. The minimum Gasteiger partial charge on any atom is -0.329 e. The second-order valence-corrected chi connectivity index (χ2v) is 5.12. The standard InChI is InChI=1S/C13H23N3O3/c1-3-5-13(9-14,6-4-2)12(19)16-7-10(17)15-11(18)8-16/h3-9,14H2,1-2H3,(H,15,17,18). The van der Waals surface area contributed by atoms with Crippen LogP contribution >= 0.6 is 0 Å². The molecule has 0 aliphatic carbocycles. The molecule has 0 bridgehead atoms. The highest BCUT2D eigenvalue weighted by Crippen LogP contribution is 2.31. The molecule has 1 aliphatic rings. The van der Waals surface area contributed by atoms with Crippen molar-refractivity contribution in [1.82, 2.24) is 10.2 Å². The number of nitrogens with one attached hydrogen (secondary N) is 1. The lowest BCUT2D eigenvalue weighted by Crippen LogP contribution is -2.58. The molecule has 108 valence electrons. The molecule has 0 aromatic rings. The van der Waals surface area contributed by atoms with Crippen molar-refractivity contribution in [3.8, 4) is 0 Å². The van der Waals surface area contributed by atoms with Gasteiger partial charge in [-0.05, 0) is 12.8 Å². The fourth-order valence-electron chi connectivity index (χ4n) is 2.70. The van der Waals surface area contributed by atoms with Gasteiger partial charge in [-0.1, -0.05) is 26.7 Å². The first-order chi connectivity index (χ1) is 8.99. The van der Waals surface area contributed by atoms with Gasteiger partial charge in [-0.3, -0.25) is 19.7 Å². The number of imide groups is 1. The number of piperazine rings is 1. The predicted octanol–water partition coefficient (Wildman–Crippen LogP) is 0.0167. The van der Waals surface area contributed by atoms with Gasteiger partial charge in [0.05, 0.1) is 5.41 Å². The molecule has 0 atom stereocenters. The van der Waals surface area contributed by atoms with Gasteiger partial charge in [0.1, 0.15) is 13.1 Å². The highest BCUT2D eigenvalue weighted by atomic mass is 16.2. The van der Waals surface area contributed by atoms with Crippen LogP contribution in [0.3, 0.4) is 0 Å². The fraction of sp³-hybridized carbons (Fsp3) is 0.769. The van der Waals surface area contributed by atoms with Gasteiger partial charge < -0.3 is 10.6 Å². The summed E-state index contributed by atoms with van der Waals surface area (Å²) in [5.41, 5.74) is 5.19. The summed E-state index contributed by atoms with van der Waals surface area (Å²) in [6.45, 7) is 4.14. The van der Waals surface area contributed by atoms with E-state index in [0.29, 0.717) is 12.8 Å². The van der Waals surface area contributed by atoms with Crippen molar-refractivity contribution in [2.45, 2.75) is 39.5 Å². The number of amides is 3. The second-order valence-electron chi connectivity index (χ2n) is 5.12. The lowest BCUT2D eigenvalue weighted by Gasteiger charge is -2.37. The minimum absolute atomic E-state index is 0.0558. The van der Waals surface area contributed by atoms with Gasteiger partial charge in [-0.15, -0.1) is 0 Å².